The van der Waals surface area contributed by atoms with E-state index in [2.05, 4.69) is 38.1 Å². The summed E-state index contributed by atoms with van der Waals surface area (Å²) in [4.78, 5) is 0. The van der Waals surface area contributed by atoms with Crippen molar-refractivity contribution >= 4 is 11.6 Å². The smallest absolute Gasteiger partial charge is 0.0438 e. The summed E-state index contributed by atoms with van der Waals surface area (Å²) in [5.41, 5.74) is 11.1. The molecule has 1 unspecified atom stereocenters. The lowest BCUT2D eigenvalue weighted by atomic mass is 9.88. The average Bonchev–Trinajstić information content (AvgIpc) is 2.41. The van der Waals surface area contributed by atoms with Gasteiger partial charge in [0.05, 0.1) is 0 Å². The minimum absolute atomic E-state index is 0.319. The van der Waals surface area contributed by atoms with E-state index in [9.17, 15) is 0 Å². The largest absolute Gasteiger partial charge is 0.330 e. The molecule has 0 aliphatic rings. The van der Waals surface area contributed by atoms with E-state index in [0.717, 1.165) is 11.4 Å². The number of halogens is 1. The minimum Gasteiger partial charge on any atom is -0.330 e. The summed E-state index contributed by atoms with van der Waals surface area (Å²) in [7, 11) is 0. The van der Waals surface area contributed by atoms with Crippen LogP contribution in [-0.4, -0.2) is 6.54 Å². The Morgan fingerprint density at radius 2 is 1.84 bits per heavy atom. The van der Waals surface area contributed by atoms with Gasteiger partial charge in [0.2, 0.25) is 0 Å². The van der Waals surface area contributed by atoms with Gasteiger partial charge in [0, 0.05) is 10.9 Å². The third-order valence-corrected chi connectivity index (χ3v) is 3.95. The average molecular weight is 274 g/mol. The van der Waals surface area contributed by atoms with Crippen molar-refractivity contribution in [2.45, 2.75) is 26.2 Å². The zero-order chi connectivity index (χ0) is 13.8. The maximum Gasteiger partial charge on any atom is 0.0438 e. The molecule has 100 valence electrons. The molecule has 0 saturated carbocycles. The Hall–Kier alpha value is -1.31. The van der Waals surface area contributed by atoms with Crippen molar-refractivity contribution in [3.8, 4) is 0 Å². The Bertz CT molecular complexity index is 563. The zero-order valence-corrected chi connectivity index (χ0v) is 12.2. The van der Waals surface area contributed by atoms with Crippen LogP contribution in [0.2, 0.25) is 5.02 Å². The molecule has 2 aromatic rings. The molecule has 0 spiro atoms. The van der Waals surface area contributed by atoms with Crippen molar-refractivity contribution in [2.24, 2.45) is 5.73 Å². The van der Waals surface area contributed by atoms with E-state index in [1.807, 2.05) is 18.2 Å². The van der Waals surface area contributed by atoms with Crippen molar-refractivity contribution in [3.05, 3.63) is 69.7 Å². The molecule has 1 atom stereocenters. The first-order chi connectivity index (χ1) is 9.11. The fourth-order valence-corrected chi connectivity index (χ4v) is 2.66. The molecule has 0 aliphatic carbocycles. The Labute approximate surface area is 120 Å². The van der Waals surface area contributed by atoms with Gasteiger partial charge in [0.25, 0.3) is 0 Å². The molecule has 0 bridgehead atoms. The maximum absolute atomic E-state index is 6.24. The molecule has 0 radical (unpaired) electrons. The third kappa shape index (κ3) is 3.37. The molecule has 0 saturated heterocycles. The van der Waals surface area contributed by atoms with Crippen molar-refractivity contribution in [1.29, 1.82) is 0 Å². The fourth-order valence-electron chi connectivity index (χ4n) is 2.45. The lowest BCUT2D eigenvalue weighted by Crippen LogP contribution is -2.16. The van der Waals surface area contributed by atoms with E-state index < -0.39 is 0 Å². The molecule has 0 aliphatic heterocycles. The summed E-state index contributed by atoms with van der Waals surface area (Å²) in [6.07, 6.45) is 0.889. The van der Waals surface area contributed by atoms with Gasteiger partial charge in [-0.2, -0.15) is 0 Å². The molecule has 19 heavy (non-hydrogen) atoms. The van der Waals surface area contributed by atoms with Crippen LogP contribution in [0.5, 0.6) is 0 Å². The van der Waals surface area contributed by atoms with Crippen LogP contribution < -0.4 is 5.73 Å². The lowest BCUT2D eigenvalue weighted by Gasteiger charge is -2.19. The molecule has 2 heteroatoms. The monoisotopic (exact) mass is 273 g/mol. The van der Waals surface area contributed by atoms with Crippen molar-refractivity contribution in [1.82, 2.24) is 0 Å². The van der Waals surface area contributed by atoms with Crippen molar-refractivity contribution in [2.75, 3.05) is 6.54 Å². The SMILES string of the molecule is Cc1ccc(C)c(C(CN)Cc2ccccc2Cl)c1. The summed E-state index contributed by atoms with van der Waals surface area (Å²) in [5.74, 6) is 0.319. The molecular weight excluding hydrogens is 254 g/mol. The lowest BCUT2D eigenvalue weighted by molar-refractivity contribution is 0.689. The van der Waals surface area contributed by atoms with Gasteiger partial charge in [-0.25, -0.2) is 0 Å². The molecule has 1 nitrogen and oxygen atoms in total. The second kappa shape index (κ2) is 6.23. The van der Waals surface area contributed by atoms with E-state index in [4.69, 9.17) is 17.3 Å². The van der Waals surface area contributed by atoms with Crippen LogP contribution in [0.3, 0.4) is 0 Å². The highest BCUT2D eigenvalue weighted by atomic mass is 35.5. The predicted molar refractivity (Wildman–Crippen MR) is 82.9 cm³/mol. The molecular formula is C17H20ClN. The molecule has 2 aromatic carbocycles. The number of nitrogens with two attached hydrogens (primary N) is 1. The Balaban J connectivity index is 2.30. The molecule has 2 rings (SSSR count). The van der Waals surface area contributed by atoms with Crippen LogP contribution in [0.1, 0.15) is 28.2 Å². The summed E-state index contributed by atoms with van der Waals surface area (Å²) in [5, 5.41) is 0.825. The van der Waals surface area contributed by atoms with Crippen molar-refractivity contribution < 1.29 is 0 Å². The van der Waals surface area contributed by atoms with E-state index in [0.29, 0.717) is 12.5 Å². The quantitative estimate of drug-likeness (QED) is 0.886. The summed E-state index contributed by atoms with van der Waals surface area (Å²) >= 11 is 6.24. The van der Waals surface area contributed by atoms with Crippen LogP contribution in [0.15, 0.2) is 42.5 Å². The van der Waals surface area contributed by atoms with Gasteiger partial charge < -0.3 is 5.73 Å². The highest BCUT2D eigenvalue weighted by molar-refractivity contribution is 6.31. The highest BCUT2D eigenvalue weighted by Gasteiger charge is 2.14. The van der Waals surface area contributed by atoms with E-state index in [-0.39, 0.29) is 0 Å². The molecule has 0 fully saturated rings. The number of rotatable bonds is 4. The van der Waals surface area contributed by atoms with Crippen LogP contribution in [0.4, 0.5) is 0 Å². The van der Waals surface area contributed by atoms with Crippen molar-refractivity contribution in [3.63, 3.8) is 0 Å². The van der Waals surface area contributed by atoms with Crippen LogP contribution in [0.25, 0.3) is 0 Å². The number of hydrogen-bond acceptors (Lipinski definition) is 1. The molecule has 2 N–H and O–H groups in total. The number of benzene rings is 2. The minimum atomic E-state index is 0.319. The topological polar surface area (TPSA) is 26.0 Å². The Morgan fingerprint density at radius 3 is 2.53 bits per heavy atom. The van der Waals surface area contributed by atoms with Gasteiger partial charge in [0.15, 0.2) is 0 Å². The first kappa shape index (κ1) is 14.1. The molecule has 0 aromatic heterocycles. The van der Waals surface area contributed by atoms with Gasteiger partial charge >= 0.3 is 0 Å². The first-order valence-electron chi connectivity index (χ1n) is 6.62. The molecule has 0 amide bonds. The van der Waals surface area contributed by atoms with E-state index in [1.165, 1.54) is 22.3 Å². The van der Waals surface area contributed by atoms with Gasteiger partial charge in [-0.05, 0) is 49.6 Å². The maximum atomic E-state index is 6.24. The van der Waals surface area contributed by atoms with Crippen LogP contribution in [0, 0.1) is 13.8 Å². The van der Waals surface area contributed by atoms with Gasteiger partial charge in [0.1, 0.15) is 0 Å². The standard InChI is InChI=1S/C17H20ClN/c1-12-7-8-13(2)16(9-12)15(11-19)10-14-5-3-4-6-17(14)18/h3-9,15H,10-11,19H2,1-2H3. The molecule has 0 heterocycles. The first-order valence-corrected chi connectivity index (χ1v) is 7.00. The second-order valence-electron chi connectivity index (χ2n) is 5.09. The van der Waals surface area contributed by atoms with Crippen LogP contribution >= 0.6 is 11.6 Å². The Kier molecular flexibility index (Phi) is 4.62. The van der Waals surface area contributed by atoms with Gasteiger partial charge in [-0.3, -0.25) is 0 Å². The van der Waals surface area contributed by atoms with Gasteiger partial charge in [-0.15, -0.1) is 0 Å². The van der Waals surface area contributed by atoms with Crippen LogP contribution in [-0.2, 0) is 6.42 Å². The third-order valence-electron chi connectivity index (χ3n) is 3.58. The highest BCUT2D eigenvalue weighted by Crippen LogP contribution is 2.27. The Morgan fingerprint density at radius 1 is 1.11 bits per heavy atom. The summed E-state index contributed by atoms with van der Waals surface area (Å²) in [6.45, 7) is 4.89. The summed E-state index contributed by atoms with van der Waals surface area (Å²) in [6, 6.07) is 14.5. The zero-order valence-electron chi connectivity index (χ0n) is 11.5. The van der Waals surface area contributed by atoms with E-state index >= 15 is 0 Å². The summed E-state index contributed by atoms with van der Waals surface area (Å²) < 4.78 is 0. The number of aryl methyl sites for hydroxylation is 2. The van der Waals surface area contributed by atoms with Gasteiger partial charge in [-0.1, -0.05) is 53.6 Å². The fraction of sp³-hybridized carbons (Fsp3) is 0.294. The predicted octanol–water partition coefficient (Wildman–Crippen LogP) is 4.24. The normalized spacial score (nSPS) is 12.4. The second-order valence-corrected chi connectivity index (χ2v) is 5.50. The number of hydrogen-bond donors (Lipinski definition) is 1. The van der Waals surface area contributed by atoms with E-state index in [1.54, 1.807) is 0 Å².